The van der Waals surface area contributed by atoms with Crippen molar-refractivity contribution in [3.05, 3.63) is 70.4 Å². The van der Waals surface area contributed by atoms with Crippen LogP contribution >= 0.6 is 11.3 Å². The summed E-state index contributed by atoms with van der Waals surface area (Å²) in [6.45, 7) is 4.97. The van der Waals surface area contributed by atoms with Gasteiger partial charge in [0.1, 0.15) is 0 Å². The first-order valence-corrected chi connectivity index (χ1v) is 11.1. The van der Waals surface area contributed by atoms with Crippen LogP contribution in [0.25, 0.3) is 22.3 Å². The number of aliphatic hydroxyl groups is 1. The topological polar surface area (TPSA) is 61.8 Å². The Labute approximate surface area is 180 Å². The SMILES string of the molecule is O=C(NCCN1CCOCC1)c1cc(-c2ccc(-c3ccc(CO)cc3)cc2)cs1. The Balaban J connectivity index is 1.35. The lowest BCUT2D eigenvalue weighted by molar-refractivity contribution is 0.0383. The number of carbonyl (C=O) groups excluding carboxylic acids is 1. The van der Waals surface area contributed by atoms with E-state index in [1.807, 2.05) is 35.7 Å². The third-order valence-corrected chi connectivity index (χ3v) is 6.26. The van der Waals surface area contributed by atoms with E-state index < -0.39 is 0 Å². The zero-order valence-electron chi connectivity index (χ0n) is 16.8. The minimum atomic E-state index is -0.0138. The van der Waals surface area contributed by atoms with Gasteiger partial charge < -0.3 is 15.2 Å². The fourth-order valence-electron chi connectivity index (χ4n) is 3.50. The van der Waals surface area contributed by atoms with Crippen molar-refractivity contribution in [3.8, 4) is 22.3 Å². The van der Waals surface area contributed by atoms with Gasteiger partial charge in [0.25, 0.3) is 5.91 Å². The van der Waals surface area contributed by atoms with Gasteiger partial charge >= 0.3 is 0 Å². The van der Waals surface area contributed by atoms with Crippen LogP contribution in [-0.2, 0) is 11.3 Å². The van der Waals surface area contributed by atoms with Crippen molar-refractivity contribution in [2.24, 2.45) is 0 Å². The monoisotopic (exact) mass is 422 g/mol. The Kier molecular flexibility index (Phi) is 6.92. The number of carbonyl (C=O) groups is 1. The standard InChI is InChI=1S/C24H26N2O3S/c27-16-18-1-3-19(4-2-18)20-5-7-21(8-6-20)22-15-23(30-17-22)24(28)25-9-10-26-11-13-29-14-12-26/h1-8,15,17,27H,9-14,16H2,(H,25,28). The van der Waals surface area contributed by atoms with Gasteiger partial charge in [0.2, 0.25) is 0 Å². The third-order valence-electron chi connectivity index (χ3n) is 5.33. The predicted octanol–water partition coefficient (Wildman–Crippen LogP) is 3.64. The normalized spacial score (nSPS) is 14.6. The second kappa shape index (κ2) is 10.00. The highest BCUT2D eigenvalue weighted by Crippen LogP contribution is 2.28. The molecule has 2 heterocycles. The minimum absolute atomic E-state index is 0.0138. The maximum atomic E-state index is 12.5. The first kappa shape index (κ1) is 20.8. The maximum Gasteiger partial charge on any atom is 0.261 e. The summed E-state index contributed by atoms with van der Waals surface area (Å²) < 4.78 is 5.35. The van der Waals surface area contributed by atoms with E-state index in [1.165, 1.54) is 11.3 Å². The number of rotatable bonds is 7. The predicted molar refractivity (Wildman–Crippen MR) is 121 cm³/mol. The third kappa shape index (κ3) is 5.15. The lowest BCUT2D eigenvalue weighted by Crippen LogP contribution is -2.41. The summed E-state index contributed by atoms with van der Waals surface area (Å²) in [5, 5.41) is 14.2. The van der Waals surface area contributed by atoms with Gasteiger partial charge in [-0.1, -0.05) is 48.5 Å². The van der Waals surface area contributed by atoms with Crippen molar-refractivity contribution in [2.45, 2.75) is 6.61 Å². The number of amides is 1. The Morgan fingerprint density at radius 2 is 1.57 bits per heavy atom. The largest absolute Gasteiger partial charge is 0.392 e. The molecule has 1 amide bonds. The zero-order valence-corrected chi connectivity index (χ0v) is 17.7. The molecule has 0 bridgehead atoms. The first-order chi connectivity index (χ1) is 14.7. The van der Waals surface area contributed by atoms with Crippen molar-refractivity contribution >= 4 is 17.2 Å². The van der Waals surface area contributed by atoms with Crippen LogP contribution in [0, 0.1) is 0 Å². The van der Waals surface area contributed by atoms with Crippen LogP contribution in [0.4, 0.5) is 0 Å². The lowest BCUT2D eigenvalue weighted by atomic mass is 10.0. The van der Waals surface area contributed by atoms with Crippen LogP contribution in [0.3, 0.4) is 0 Å². The van der Waals surface area contributed by atoms with E-state index in [0.29, 0.717) is 6.54 Å². The van der Waals surface area contributed by atoms with Gasteiger partial charge in [0, 0.05) is 26.2 Å². The molecule has 1 saturated heterocycles. The number of thiophene rings is 1. The Hall–Kier alpha value is -2.51. The molecule has 2 aromatic carbocycles. The molecule has 2 N–H and O–H groups in total. The van der Waals surface area contributed by atoms with Gasteiger partial charge in [-0.2, -0.15) is 0 Å². The molecule has 0 unspecified atom stereocenters. The number of aliphatic hydroxyl groups excluding tert-OH is 1. The lowest BCUT2D eigenvalue weighted by Gasteiger charge is -2.26. The molecule has 156 valence electrons. The molecule has 4 rings (SSSR count). The maximum absolute atomic E-state index is 12.5. The van der Waals surface area contributed by atoms with E-state index in [1.54, 1.807) is 0 Å². The Morgan fingerprint density at radius 3 is 2.20 bits per heavy atom. The van der Waals surface area contributed by atoms with Crippen LogP contribution in [0.2, 0.25) is 0 Å². The molecule has 6 heteroatoms. The van der Waals surface area contributed by atoms with E-state index in [4.69, 9.17) is 4.74 Å². The summed E-state index contributed by atoms with van der Waals surface area (Å²) in [7, 11) is 0. The van der Waals surface area contributed by atoms with Crippen LogP contribution in [0.15, 0.2) is 60.0 Å². The van der Waals surface area contributed by atoms with E-state index in [0.717, 1.165) is 65.5 Å². The number of nitrogens with zero attached hydrogens (tertiary/aromatic N) is 1. The average molecular weight is 423 g/mol. The fourth-order valence-corrected chi connectivity index (χ4v) is 4.34. The Morgan fingerprint density at radius 1 is 0.967 bits per heavy atom. The molecule has 0 saturated carbocycles. The van der Waals surface area contributed by atoms with Crippen LogP contribution in [0.1, 0.15) is 15.2 Å². The van der Waals surface area contributed by atoms with E-state index in [9.17, 15) is 9.90 Å². The molecule has 1 aliphatic rings. The van der Waals surface area contributed by atoms with Gasteiger partial charge in [-0.25, -0.2) is 0 Å². The molecule has 0 radical (unpaired) electrons. The highest BCUT2D eigenvalue weighted by molar-refractivity contribution is 7.12. The minimum Gasteiger partial charge on any atom is -0.392 e. The molecule has 0 atom stereocenters. The van der Waals surface area contributed by atoms with Crippen molar-refractivity contribution < 1.29 is 14.6 Å². The van der Waals surface area contributed by atoms with Gasteiger partial charge in [0.05, 0.1) is 24.7 Å². The van der Waals surface area contributed by atoms with E-state index in [2.05, 4.69) is 34.5 Å². The van der Waals surface area contributed by atoms with Crippen molar-refractivity contribution in [1.82, 2.24) is 10.2 Å². The number of nitrogens with one attached hydrogen (secondary N) is 1. The van der Waals surface area contributed by atoms with Crippen LogP contribution < -0.4 is 5.32 Å². The summed E-state index contributed by atoms with van der Waals surface area (Å²) in [5.74, 6) is -0.0138. The van der Waals surface area contributed by atoms with Gasteiger partial charge in [-0.05, 0) is 39.3 Å². The smallest absolute Gasteiger partial charge is 0.261 e. The first-order valence-electron chi connectivity index (χ1n) is 10.2. The van der Waals surface area contributed by atoms with Gasteiger partial charge in [0.15, 0.2) is 0 Å². The summed E-state index contributed by atoms with van der Waals surface area (Å²) in [5.41, 5.74) is 5.29. The number of hydrogen-bond donors (Lipinski definition) is 2. The van der Waals surface area contributed by atoms with Crippen molar-refractivity contribution in [3.63, 3.8) is 0 Å². The summed E-state index contributed by atoms with van der Waals surface area (Å²) in [6, 6.07) is 18.2. The summed E-state index contributed by atoms with van der Waals surface area (Å²) in [4.78, 5) is 15.5. The summed E-state index contributed by atoms with van der Waals surface area (Å²) in [6.07, 6.45) is 0. The molecule has 1 fully saturated rings. The number of hydrogen-bond acceptors (Lipinski definition) is 5. The van der Waals surface area contributed by atoms with Gasteiger partial charge in [-0.3, -0.25) is 9.69 Å². The fraction of sp³-hybridized carbons (Fsp3) is 0.292. The molecule has 1 aromatic heterocycles. The summed E-state index contributed by atoms with van der Waals surface area (Å²) >= 11 is 1.47. The number of benzene rings is 2. The molecule has 1 aliphatic heterocycles. The molecule has 3 aromatic rings. The van der Waals surface area contributed by atoms with Gasteiger partial charge in [-0.15, -0.1) is 11.3 Å². The van der Waals surface area contributed by atoms with E-state index >= 15 is 0 Å². The Bertz CT molecular complexity index is 961. The van der Waals surface area contributed by atoms with Crippen LogP contribution in [0.5, 0.6) is 0 Å². The van der Waals surface area contributed by atoms with E-state index in [-0.39, 0.29) is 12.5 Å². The molecular formula is C24H26N2O3S. The highest BCUT2D eigenvalue weighted by atomic mass is 32.1. The quantitative estimate of drug-likeness (QED) is 0.610. The second-order valence-electron chi connectivity index (χ2n) is 7.34. The van der Waals surface area contributed by atoms with Crippen molar-refractivity contribution in [2.75, 3.05) is 39.4 Å². The molecule has 5 nitrogen and oxygen atoms in total. The highest BCUT2D eigenvalue weighted by Gasteiger charge is 2.13. The number of morpholine rings is 1. The molecular weight excluding hydrogens is 396 g/mol. The second-order valence-corrected chi connectivity index (χ2v) is 8.25. The van der Waals surface area contributed by atoms with Crippen molar-refractivity contribution in [1.29, 1.82) is 0 Å². The number of ether oxygens (including phenoxy) is 1. The molecule has 30 heavy (non-hydrogen) atoms. The van der Waals surface area contributed by atoms with Crippen LogP contribution in [-0.4, -0.2) is 55.3 Å². The average Bonchev–Trinajstić information content (AvgIpc) is 3.30. The molecule has 0 spiro atoms. The zero-order chi connectivity index (χ0) is 20.8. The molecule has 0 aliphatic carbocycles.